The lowest BCUT2D eigenvalue weighted by molar-refractivity contribution is -0.136. The highest BCUT2D eigenvalue weighted by Crippen LogP contribution is 2.29. The normalized spacial score (nSPS) is 30.5. The van der Waals surface area contributed by atoms with Crippen LogP contribution in [-0.4, -0.2) is 30.4 Å². The smallest absolute Gasteiger partial charge is 0.227 e. The largest absolute Gasteiger partial charge is 0.345 e. The maximum Gasteiger partial charge on any atom is 0.227 e. The van der Waals surface area contributed by atoms with Gasteiger partial charge in [0.05, 0.1) is 5.92 Å². The minimum atomic E-state index is 0.0486. The minimum absolute atomic E-state index is 0.0486. The number of hydrogen-bond donors (Lipinski definition) is 1. The molecule has 1 rings (SSSR count). The van der Waals surface area contributed by atoms with Crippen LogP contribution in [0, 0.1) is 17.8 Å². The molecule has 1 aliphatic rings. The number of amides is 1. The maximum absolute atomic E-state index is 12.2. The van der Waals surface area contributed by atoms with Gasteiger partial charge in [-0.1, -0.05) is 27.2 Å². The lowest BCUT2D eigenvalue weighted by Crippen LogP contribution is -2.48. The van der Waals surface area contributed by atoms with E-state index in [-0.39, 0.29) is 17.9 Å². The van der Waals surface area contributed by atoms with Crippen LogP contribution in [0.4, 0.5) is 0 Å². The van der Waals surface area contributed by atoms with E-state index >= 15 is 0 Å². The summed E-state index contributed by atoms with van der Waals surface area (Å²) in [5.41, 5.74) is 6.14. The predicted octanol–water partition coefficient (Wildman–Crippen LogP) is 1.86. The molecule has 0 spiro atoms. The molecule has 3 atom stereocenters. The second-order valence-electron chi connectivity index (χ2n) is 5.70. The molecule has 0 aromatic carbocycles. The molecule has 1 amide bonds. The van der Waals surface area contributed by atoms with E-state index in [2.05, 4.69) is 20.8 Å². The van der Waals surface area contributed by atoms with Gasteiger partial charge in [0.1, 0.15) is 0 Å². The van der Waals surface area contributed by atoms with Gasteiger partial charge < -0.3 is 10.6 Å². The lowest BCUT2D eigenvalue weighted by atomic mass is 9.77. The van der Waals surface area contributed by atoms with Crippen molar-refractivity contribution >= 4 is 5.91 Å². The molecule has 94 valence electrons. The van der Waals surface area contributed by atoms with Gasteiger partial charge in [-0.2, -0.15) is 0 Å². The Hall–Kier alpha value is -0.570. The van der Waals surface area contributed by atoms with Crippen LogP contribution < -0.4 is 5.73 Å². The van der Waals surface area contributed by atoms with E-state index in [0.29, 0.717) is 11.8 Å². The third kappa shape index (κ3) is 3.21. The molecule has 2 N–H and O–H groups in total. The van der Waals surface area contributed by atoms with Crippen LogP contribution in [0.25, 0.3) is 0 Å². The van der Waals surface area contributed by atoms with Crippen molar-refractivity contribution in [2.24, 2.45) is 23.5 Å². The summed E-state index contributed by atoms with van der Waals surface area (Å²) in [6.07, 6.45) is 3.27. The van der Waals surface area contributed by atoms with Crippen LogP contribution in [0.2, 0.25) is 0 Å². The molecule has 0 saturated heterocycles. The molecule has 1 fully saturated rings. The zero-order chi connectivity index (χ0) is 12.3. The number of hydrogen-bond acceptors (Lipinski definition) is 2. The van der Waals surface area contributed by atoms with E-state index in [1.54, 1.807) is 0 Å². The van der Waals surface area contributed by atoms with Crippen molar-refractivity contribution in [2.45, 2.75) is 46.1 Å². The van der Waals surface area contributed by atoms with Crippen LogP contribution >= 0.6 is 0 Å². The van der Waals surface area contributed by atoms with Gasteiger partial charge in [-0.05, 0) is 24.7 Å². The fourth-order valence-electron chi connectivity index (χ4n) is 2.65. The highest BCUT2D eigenvalue weighted by Gasteiger charge is 2.34. The molecule has 3 unspecified atom stereocenters. The monoisotopic (exact) mass is 226 g/mol. The van der Waals surface area contributed by atoms with E-state index in [9.17, 15) is 4.79 Å². The number of carbonyl (C=O) groups is 1. The van der Waals surface area contributed by atoms with Gasteiger partial charge in [0.15, 0.2) is 0 Å². The highest BCUT2D eigenvalue weighted by molar-refractivity contribution is 5.79. The average molecular weight is 226 g/mol. The Morgan fingerprint density at radius 3 is 2.62 bits per heavy atom. The van der Waals surface area contributed by atoms with Crippen molar-refractivity contribution in [3.63, 3.8) is 0 Å². The van der Waals surface area contributed by atoms with E-state index in [1.165, 1.54) is 6.42 Å². The second kappa shape index (κ2) is 5.67. The Kier molecular flexibility index (Phi) is 4.78. The molecule has 3 heteroatoms. The minimum Gasteiger partial charge on any atom is -0.345 e. The second-order valence-corrected chi connectivity index (χ2v) is 5.70. The Labute approximate surface area is 99.4 Å². The van der Waals surface area contributed by atoms with Crippen LogP contribution in [0.3, 0.4) is 0 Å². The maximum atomic E-state index is 12.2. The molecule has 0 radical (unpaired) electrons. The summed E-state index contributed by atoms with van der Waals surface area (Å²) in [4.78, 5) is 14.1. The standard InChI is InChI=1S/C13H26N2O/c1-9(2)8-15(4)13(16)11-7-5-6-10(3)12(11)14/h9-12H,5-8,14H2,1-4H3. The summed E-state index contributed by atoms with van der Waals surface area (Å²) in [6.45, 7) is 7.25. The van der Waals surface area contributed by atoms with Crippen molar-refractivity contribution in [1.82, 2.24) is 4.90 Å². The fourth-order valence-corrected chi connectivity index (χ4v) is 2.65. The van der Waals surface area contributed by atoms with Gasteiger partial charge >= 0.3 is 0 Å². The van der Waals surface area contributed by atoms with Gasteiger partial charge in [-0.3, -0.25) is 4.79 Å². The summed E-state index contributed by atoms with van der Waals surface area (Å²) in [5.74, 6) is 1.29. The van der Waals surface area contributed by atoms with Crippen LogP contribution in [-0.2, 0) is 4.79 Å². The van der Waals surface area contributed by atoms with Crippen LogP contribution in [0.5, 0.6) is 0 Å². The number of nitrogens with zero attached hydrogens (tertiary/aromatic N) is 1. The molecule has 0 aromatic heterocycles. The summed E-state index contributed by atoms with van der Waals surface area (Å²) in [7, 11) is 1.90. The molecule has 0 bridgehead atoms. The Bertz CT molecular complexity index is 240. The van der Waals surface area contributed by atoms with Gasteiger partial charge in [0.2, 0.25) is 5.91 Å². The SMILES string of the molecule is CC(C)CN(C)C(=O)C1CCCC(C)C1N. The van der Waals surface area contributed by atoms with Crippen molar-refractivity contribution in [3.05, 3.63) is 0 Å². The Morgan fingerprint density at radius 1 is 1.44 bits per heavy atom. The first kappa shape index (κ1) is 13.5. The molecule has 0 aliphatic heterocycles. The average Bonchev–Trinajstić information content (AvgIpc) is 2.20. The first-order chi connectivity index (χ1) is 7.43. The molecule has 1 aliphatic carbocycles. The lowest BCUT2D eigenvalue weighted by Gasteiger charge is -2.35. The highest BCUT2D eigenvalue weighted by atomic mass is 16.2. The van der Waals surface area contributed by atoms with Crippen molar-refractivity contribution in [1.29, 1.82) is 0 Å². The van der Waals surface area contributed by atoms with E-state index in [4.69, 9.17) is 5.73 Å². The van der Waals surface area contributed by atoms with Crippen molar-refractivity contribution < 1.29 is 4.79 Å². The summed E-state index contributed by atoms with van der Waals surface area (Å²) < 4.78 is 0. The van der Waals surface area contributed by atoms with E-state index in [0.717, 1.165) is 19.4 Å². The predicted molar refractivity (Wildman–Crippen MR) is 67.0 cm³/mol. The quantitative estimate of drug-likeness (QED) is 0.798. The van der Waals surface area contributed by atoms with Crippen LogP contribution in [0.15, 0.2) is 0 Å². The molecular formula is C13H26N2O. The Balaban J connectivity index is 2.58. The van der Waals surface area contributed by atoms with Gasteiger partial charge in [-0.25, -0.2) is 0 Å². The third-order valence-electron chi connectivity index (χ3n) is 3.63. The number of rotatable bonds is 3. The first-order valence-corrected chi connectivity index (χ1v) is 6.44. The topological polar surface area (TPSA) is 46.3 Å². The van der Waals surface area contributed by atoms with Crippen molar-refractivity contribution in [2.75, 3.05) is 13.6 Å². The molecule has 0 heterocycles. The molecule has 1 saturated carbocycles. The third-order valence-corrected chi connectivity index (χ3v) is 3.63. The van der Waals surface area contributed by atoms with Gasteiger partial charge in [-0.15, -0.1) is 0 Å². The summed E-state index contributed by atoms with van der Waals surface area (Å²) in [5, 5.41) is 0. The number of nitrogens with two attached hydrogens (primary N) is 1. The summed E-state index contributed by atoms with van der Waals surface area (Å²) >= 11 is 0. The number of carbonyl (C=O) groups excluding carboxylic acids is 1. The first-order valence-electron chi connectivity index (χ1n) is 6.44. The molecule has 16 heavy (non-hydrogen) atoms. The molecule has 0 aromatic rings. The van der Waals surface area contributed by atoms with Crippen LogP contribution in [0.1, 0.15) is 40.0 Å². The van der Waals surface area contributed by atoms with Gasteiger partial charge in [0.25, 0.3) is 0 Å². The Morgan fingerprint density at radius 2 is 2.06 bits per heavy atom. The van der Waals surface area contributed by atoms with Crippen molar-refractivity contribution in [3.8, 4) is 0 Å². The van der Waals surface area contributed by atoms with E-state index < -0.39 is 0 Å². The van der Waals surface area contributed by atoms with Gasteiger partial charge in [0, 0.05) is 19.6 Å². The molecule has 3 nitrogen and oxygen atoms in total. The summed E-state index contributed by atoms with van der Waals surface area (Å²) in [6, 6.07) is 0.0517. The molecular weight excluding hydrogens is 200 g/mol. The fraction of sp³-hybridized carbons (Fsp3) is 0.923. The zero-order valence-corrected chi connectivity index (χ0v) is 11.1. The zero-order valence-electron chi connectivity index (χ0n) is 11.1. The van der Waals surface area contributed by atoms with E-state index in [1.807, 2.05) is 11.9 Å².